The van der Waals surface area contributed by atoms with Crippen molar-refractivity contribution in [2.24, 2.45) is 0 Å². The van der Waals surface area contributed by atoms with Gasteiger partial charge >= 0.3 is 0 Å². The van der Waals surface area contributed by atoms with Crippen LogP contribution in [0, 0.1) is 0 Å². The van der Waals surface area contributed by atoms with Gasteiger partial charge in [-0.25, -0.2) is 5.43 Å². The van der Waals surface area contributed by atoms with Crippen LogP contribution in [0.15, 0.2) is 30.3 Å². The minimum Gasteiger partial charge on any atom is -0.362 e. The summed E-state index contributed by atoms with van der Waals surface area (Å²) in [5.74, 6) is -0.130. The second kappa shape index (κ2) is 5.63. The molecule has 0 aromatic heterocycles. The van der Waals surface area contributed by atoms with Crippen LogP contribution in [0.2, 0.25) is 0 Å². The molecule has 86 valence electrons. The first-order chi connectivity index (χ1) is 7.86. The fourth-order valence-electron chi connectivity index (χ4n) is 1.66. The summed E-state index contributed by atoms with van der Waals surface area (Å²) in [7, 11) is 0. The van der Waals surface area contributed by atoms with Crippen molar-refractivity contribution in [3.63, 3.8) is 0 Å². The highest BCUT2D eigenvalue weighted by molar-refractivity contribution is 5.93. The summed E-state index contributed by atoms with van der Waals surface area (Å²) in [6, 6.07) is 9.12. The molecule has 1 atom stereocenters. The van der Waals surface area contributed by atoms with Gasteiger partial charge in [-0.05, 0) is 31.4 Å². The molecule has 1 fully saturated rings. The molecule has 0 radical (unpaired) electrons. The predicted octanol–water partition coefficient (Wildman–Crippen LogP) is 1.45. The van der Waals surface area contributed by atoms with Crippen LogP contribution in [-0.4, -0.2) is 18.7 Å². The lowest BCUT2D eigenvalue weighted by atomic mass is 10.2. The quantitative estimate of drug-likeness (QED) is 0.758. The number of ether oxygens (including phenoxy) is 1. The first-order valence-electron chi connectivity index (χ1n) is 5.59. The molecule has 0 saturated carbocycles. The van der Waals surface area contributed by atoms with E-state index in [4.69, 9.17) is 4.74 Å². The number of rotatable bonds is 3. The molecule has 1 aliphatic rings. The van der Waals surface area contributed by atoms with Crippen molar-refractivity contribution in [2.45, 2.75) is 25.5 Å². The highest BCUT2D eigenvalue weighted by Crippen LogP contribution is 2.09. The molecule has 1 heterocycles. The molecule has 0 aliphatic carbocycles. The Morgan fingerprint density at radius 1 is 1.25 bits per heavy atom. The first-order valence-corrected chi connectivity index (χ1v) is 5.59. The van der Waals surface area contributed by atoms with Crippen LogP contribution in [0.1, 0.15) is 29.6 Å². The fraction of sp³-hybridized carbons (Fsp3) is 0.417. The number of nitrogens with one attached hydrogen (secondary N) is 2. The molecule has 4 nitrogen and oxygen atoms in total. The lowest BCUT2D eigenvalue weighted by Gasteiger charge is -2.23. The molecule has 1 amide bonds. The molecule has 1 saturated heterocycles. The van der Waals surface area contributed by atoms with Crippen LogP contribution in [0.5, 0.6) is 0 Å². The molecular weight excluding hydrogens is 204 g/mol. The zero-order chi connectivity index (χ0) is 11.2. The number of hydrazine groups is 1. The molecular formula is C12H16N2O2. The Hall–Kier alpha value is -1.39. The second-order valence-electron chi connectivity index (χ2n) is 3.82. The van der Waals surface area contributed by atoms with Gasteiger partial charge in [-0.1, -0.05) is 18.2 Å². The average molecular weight is 220 g/mol. The van der Waals surface area contributed by atoms with E-state index in [0.29, 0.717) is 5.56 Å². The van der Waals surface area contributed by atoms with Gasteiger partial charge in [0.25, 0.3) is 5.91 Å². The second-order valence-corrected chi connectivity index (χ2v) is 3.82. The summed E-state index contributed by atoms with van der Waals surface area (Å²) in [5, 5.41) is 0. The largest absolute Gasteiger partial charge is 0.362 e. The van der Waals surface area contributed by atoms with Crippen molar-refractivity contribution in [2.75, 3.05) is 6.61 Å². The van der Waals surface area contributed by atoms with Crippen LogP contribution in [0.4, 0.5) is 0 Å². The molecule has 0 bridgehead atoms. The maximum absolute atomic E-state index is 11.7. The minimum absolute atomic E-state index is 0.0542. The van der Waals surface area contributed by atoms with E-state index in [2.05, 4.69) is 10.9 Å². The van der Waals surface area contributed by atoms with Gasteiger partial charge in [0, 0.05) is 12.2 Å². The molecule has 4 heteroatoms. The summed E-state index contributed by atoms with van der Waals surface area (Å²) in [6.45, 7) is 0.763. The highest BCUT2D eigenvalue weighted by Gasteiger charge is 2.14. The zero-order valence-corrected chi connectivity index (χ0v) is 9.11. The summed E-state index contributed by atoms with van der Waals surface area (Å²) in [5.41, 5.74) is 6.20. The van der Waals surface area contributed by atoms with Gasteiger partial charge in [-0.3, -0.25) is 10.2 Å². The van der Waals surface area contributed by atoms with E-state index in [1.807, 2.05) is 18.2 Å². The topological polar surface area (TPSA) is 50.4 Å². The van der Waals surface area contributed by atoms with Gasteiger partial charge in [0.2, 0.25) is 0 Å². The van der Waals surface area contributed by atoms with Crippen molar-refractivity contribution in [3.05, 3.63) is 35.9 Å². The summed E-state index contributed by atoms with van der Waals surface area (Å²) >= 11 is 0. The van der Waals surface area contributed by atoms with Gasteiger partial charge in [0.05, 0.1) is 0 Å². The smallest absolute Gasteiger partial charge is 0.265 e. The SMILES string of the molecule is O=C(NNC1CCCCO1)c1ccccc1. The van der Waals surface area contributed by atoms with Gasteiger partial charge < -0.3 is 4.74 Å². The Labute approximate surface area is 95.0 Å². The van der Waals surface area contributed by atoms with E-state index in [1.54, 1.807) is 12.1 Å². The van der Waals surface area contributed by atoms with Gasteiger partial charge in [-0.2, -0.15) is 0 Å². The summed E-state index contributed by atoms with van der Waals surface area (Å²) in [4.78, 5) is 11.7. The van der Waals surface area contributed by atoms with Crippen LogP contribution in [0.25, 0.3) is 0 Å². The molecule has 1 aromatic carbocycles. The number of carbonyl (C=O) groups excluding carboxylic acids is 1. The van der Waals surface area contributed by atoms with Gasteiger partial charge in [0.15, 0.2) is 0 Å². The molecule has 1 unspecified atom stereocenters. The van der Waals surface area contributed by atoms with E-state index < -0.39 is 0 Å². The average Bonchev–Trinajstić information content (AvgIpc) is 2.38. The maximum atomic E-state index is 11.7. The minimum atomic E-state index is -0.130. The van der Waals surface area contributed by atoms with E-state index in [-0.39, 0.29) is 12.1 Å². The molecule has 1 aliphatic heterocycles. The molecule has 2 N–H and O–H groups in total. The van der Waals surface area contributed by atoms with E-state index in [0.717, 1.165) is 25.9 Å². The zero-order valence-electron chi connectivity index (χ0n) is 9.11. The van der Waals surface area contributed by atoms with Crippen molar-refractivity contribution in [3.8, 4) is 0 Å². The predicted molar refractivity (Wildman–Crippen MR) is 60.6 cm³/mol. The number of amides is 1. The van der Waals surface area contributed by atoms with Crippen LogP contribution < -0.4 is 10.9 Å². The van der Waals surface area contributed by atoms with Crippen LogP contribution >= 0.6 is 0 Å². The standard InChI is InChI=1S/C12H16N2O2/c15-12(10-6-2-1-3-7-10)14-13-11-8-4-5-9-16-11/h1-3,6-7,11,13H,4-5,8-9H2,(H,14,15). The van der Waals surface area contributed by atoms with Crippen molar-refractivity contribution in [1.82, 2.24) is 10.9 Å². The van der Waals surface area contributed by atoms with Crippen molar-refractivity contribution in [1.29, 1.82) is 0 Å². The van der Waals surface area contributed by atoms with Gasteiger partial charge in [-0.15, -0.1) is 0 Å². The Morgan fingerprint density at radius 3 is 2.75 bits per heavy atom. The lowest BCUT2D eigenvalue weighted by Crippen LogP contribution is -2.46. The van der Waals surface area contributed by atoms with Gasteiger partial charge in [0.1, 0.15) is 6.23 Å². The molecule has 1 aromatic rings. The van der Waals surface area contributed by atoms with E-state index in [9.17, 15) is 4.79 Å². The third-order valence-corrected chi connectivity index (χ3v) is 2.56. The molecule has 16 heavy (non-hydrogen) atoms. The Bertz CT molecular complexity index is 334. The van der Waals surface area contributed by atoms with Crippen molar-refractivity contribution >= 4 is 5.91 Å². The monoisotopic (exact) mass is 220 g/mol. The van der Waals surface area contributed by atoms with E-state index >= 15 is 0 Å². The Balaban J connectivity index is 1.79. The van der Waals surface area contributed by atoms with Crippen LogP contribution in [-0.2, 0) is 4.74 Å². The van der Waals surface area contributed by atoms with E-state index in [1.165, 1.54) is 0 Å². The summed E-state index contributed by atoms with van der Waals surface area (Å²) in [6.07, 6.45) is 3.13. The fourth-order valence-corrected chi connectivity index (χ4v) is 1.66. The Kier molecular flexibility index (Phi) is 3.91. The molecule has 0 spiro atoms. The Morgan fingerprint density at radius 2 is 2.06 bits per heavy atom. The maximum Gasteiger partial charge on any atom is 0.265 e. The number of hydrogen-bond donors (Lipinski definition) is 2. The third-order valence-electron chi connectivity index (χ3n) is 2.56. The lowest BCUT2D eigenvalue weighted by molar-refractivity contribution is -0.0132. The number of hydrogen-bond acceptors (Lipinski definition) is 3. The van der Waals surface area contributed by atoms with Crippen LogP contribution in [0.3, 0.4) is 0 Å². The number of carbonyl (C=O) groups is 1. The number of benzene rings is 1. The third kappa shape index (κ3) is 3.05. The highest BCUT2D eigenvalue weighted by atomic mass is 16.5. The van der Waals surface area contributed by atoms with Crippen molar-refractivity contribution < 1.29 is 9.53 Å². The first kappa shape index (κ1) is 11.1. The summed E-state index contributed by atoms with van der Waals surface area (Å²) < 4.78 is 5.44. The molecule has 2 rings (SSSR count). The normalized spacial score (nSPS) is 20.4.